The molecule has 6 nitrogen and oxygen atoms in total. The number of urea groups is 1. The van der Waals surface area contributed by atoms with E-state index in [1.54, 1.807) is 7.11 Å². The third-order valence-electron chi connectivity index (χ3n) is 3.58. The van der Waals surface area contributed by atoms with Crippen LogP contribution in [-0.2, 0) is 9.53 Å². The lowest BCUT2D eigenvalue weighted by molar-refractivity contribution is -0.141. The van der Waals surface area contributed by atoms with Gasteiger partial charge in [-0.05, 0) is 11.8 Å². The Balaban J connectivity index is 2.85. The smallest absolute Gasteiger partial charge is 0.327 e. The Bertz CT molecular complexity index is 376. The summed E-state index contributed by atoms with van der Waals surface area (Å²) in [4.78, 5) is 25.4. The number of amides is 2. The van der Waals surface area contributed by atoms with Gasteiger partial charge in [0.15, 0.2) is 0 Å². The predicted octanol–water partition coefficient (Wildman–Crippen LogP) is 1.85. The molecule has 1 aliphatic rings. The fourth-order valence-corrected chi connectivity index (χ4v) is 3.77. The number of methoxy groups -OCH3 is 1. The minimum Gasteiger partial charge on any atom is -0.480 e. The van der Waals surface area contributed by atoms with Gasteiger partial charge in [-0.3, -0.25) is 4.90 Å². The molecule has 0 aromatic carbocycles. The van der Waals surface area contributed by atoms with Gasteiger partial charge in [0, 0.05) is 12.9 Å². The zero-order valence-corrected chi connectivity index (χ0v) is 14.1. The maximum Gasteiger partial charge on any atom is 0.327 e. The van der Waals surface area contributed by atoms with Crippen LogP contribution in [0.4, 0.5) is 4.79 Å². The van der Waals surface area contributed by atoms with Gasteiger partial charge in [-0.15, -0.1) is 11.8 Å². The highest BCUT2D eigenvalue weighted by Crippen LogP contribution is 2.34. The Morgan fingerprint density at radius 3 is 2.43 bits per heavy atom. The molecular weight excluding hydrogens is 292 g/mol. The lowest BCUT2D eigenvalue weighted by atomic mass is 10.1. The van der Waals surface area contributed by atoms with Crippen LogP contribution in [0.3, 0.4) is 0 Å². The van der Waals surface area contributed by atoms with Crippen molar-refractivity contribution in [1.82, 2.24) is 10.2 Å². The predicted molar refractivity (Wildman–Crippen MR) is 83.4 cm³/mol. The molecule has 0 aliphatic carbocycles. The molecule has 1 heterocycles. The number of nitrogens with one attached hydrogen (secondary N) is 1. The van der Waals surface area contributed by atoms with Gasteiger partial charge in [0.25, 0.3) is 0 Å². The van der Waals surface area contributed by atoms with Gasteiger partial charge < -0.3 is 15.2 Å². The fraction of sp³-hybridized carbons (Fsp3) is 0.857. The second-order valence-electron chi connectivity index (χ2n) is 5.98. The number of rotatable bonds is 6. The van der Waals surface area contributed by atoms with Crippen molar-refractivity contribution in [2.45, 2.75) is 45.2 Å². The topological polar surface area (TPSA) is 78.9 Å². The van der Waals surface area contributed by atoms with E-state index in [0.717, 1.165) is 0 Å². The Hall–Kier alpha value is -0.950. The van der Waals surface area contributed by atoms with Gasteiger partial charge >= 0.3 is 12.0 Å². The number of hydrogen-bond donors (Lipinski definition) is 2. The van der Waals surface area contributed by atoms with Crippen molar-refractivity contribution in [3.8, 4) is 0 Å². The van der Waals surface area contributed by atoms with Crippen molar-refractivity contribution in [2.75, 3.05) is 19.5 Å². The number of carboxylic acid groups (broad SMARTS) is 1. The molecular formula is C14H26N2O4S. The molecule has 0 aromatic heterocycles. The fourth-order valence-electron chi connectivity index (χ4n) is 2.30. The van der Waals surface area contributed by atoms with Crippen LogP contribution in [0.15, 0.2) is 0 Å². The summed E-state index contributed by atoms with van der Waals surface area (Å²) in [5.74, 6) is -0.106. The largest absolute Gasteiger partial charge is 0.480 e. The van der Waals surface area contributed by atoms with Crippen LogP contribution < -0.4 is 5.32 Å². The molecule has 2 amide bonds. The van der Waals surface area contributed by atoms with E-state index in [0.29, 0.717) is 12.4 Å². The average molecular weight is 318 g/mol. The van der Waals surface area contributed by atoms with Crippen LogP contribution in [0, 0.1) is 11.8 Å². The molecule has 0 saturated carbocycles. The van der Waals surface area contributed by atoms with Gasteiger partial charge in [0.1, 0.15) is 6.04 Å². The maximum atomic E-state index is 12.5. The van der Waals surface area contributed by atoms with Crippen molar-refractivity contribution in [2.24, 2.45) is 11.8 Å². The molecule has 3 atom stereocenters. The van der Waals surface area contributed by atoms with Crippen LogP contribution in [-0.4, -0.2) is 58.9 Å². The van der Waals surface area contributed by atoms with Gasteiger partial charge in [-0.1, -0.05) is 27.7 Å². The molecule has 7 heteroatoms. The highest BCUT2D eigenvalue weighted by Gasteiger charge is 2.43. The number of thioether (sulfide) groups is 1. The Kier molecular flexibility index (Phi) is 6.80. The molecule has 1 aliphatic heterocycles. The first-order chi connectivity index (χ1) is 9.79. The molecule has 0 bridgehead atoms. The molecule has 122 valence electrons. The first-order valence-electron chi connectivity index (χ1n) is 7.21. The number of carbonyl (C=O) groups excluding carboxylic acids is 1. The van der Waals surface area contributed by atoms with Crippen molar-refractivity contribution >= 4 is 23.8 Å². The summed E-state index contributed by atoms with van der Waals surface area (Å²) in [6, 6.07) is -1.21. The second-order valence-corrected chi connectivity index (χ2v) is 7.13. The first kappa shape index (κ1) is 18.1. The number of nitrogens with zero attached hydrogens (tertiary/aromatic N) is 1. The molecule has 0 aromatic rings. The van der Waals surface area contributed by atoms with E-state index in [1.807, 2.05) is 27.7 Å². The summed E-state index contributed by atoms with van der Waals surface area (Å²) in [7, 11) is 1.59. The van der Waals surface area contributed by atoms with Crippen LogP contribution in [0.25, 0.3) is 0 Å². The van der Waals surface area contributed by atoms with Gasteiger partial charge in [-0.2, -0.15) is 0 Å². The molecule has 0 radical (unpaired) electrons. The lowest BCUT2D eigenvalue weighted by Gasteiger charge is -2.32. The SMILES string of the molecule is COCC(NC(=O)N1C(C(=O)O)CSC1C(C)C)C(C)C. The highest BCUT2D eigenvalue weighted by molar-refractivity contribution is 8.00. The highest BCUT2D eigenvalue weighted by atomic mass is 32.2. The Morgan fingerprint density at radius 1 is 1.38 bits per heavy atom. The molecule has 3 unspecified atom stereocenters. The number of aliphatic carboxylic acids is 1. The number of carboxylic acids is 1. The van der Waals surface area contributed by atoms with E-state index < -0.39 is 12.0 Å². The van der Waals surface area contributed by atoms with E-state index in [-0.39, 0.29) is 29.3 Å². The summed E-state index contributed by atoms with van der Waals surface area (Å²) >= 11 is 1.53. The summed E-state index contributed by atoms with van der Waals surface area (Å²) in [6.07, 6.45) is 0. The van der Waals surface area contributed by atoms with Gasteiger partial charge in [-0.25, -0.2) is 9.59 Å². The van der Waals surface area contributed by atoms with Crippen LogP contribution in [0.1, 0.15) is 27.7 Å². The van der Waals surface area contributed by atoms with Crippen LogP contribution in [0.2, 0.25) is 0 Å². The summed E-state index contributed by atoms with van der Waals surface area (Å²) in [6.45, 7) is 8.40. The summed E-state index contributed by atoms with van der Waals surface area (Å²) < 4.78 is 5.12. The minimum atomic E-state index is -0.950. The van der Waals surface area contributed by atoms with E-state index in [1.165, 1.54) is 16.7 Å². The monoisotopic (exact) mass is 318 g/mol. The molecule has 21 heavy (non-hydrogen) atoms. The van der Waals surface area contributed by atoms with Gasteiger partial charge in [0.05, 0.1) is 18.0 Å². The molecule has 1 fully saturated rings. The zero-order valence-electron chi connectivity index (χ0n) is 13.3. The van der Waals surface area contributed by atoms with E-state index in [4.69, 9.17) is 4.74 Å². The lowest BCUT2D eigenvalue weighted by Crippen LogP contribution is -2.55. The molecule has 0 spiro atoms. The van der Waals surface area contributed by atoms with E-state index >= 15 is 0 Å². The van der Waals surface area contributed by atoms with Crippen molar-refractivity contribution in [3.05, 3.63) is 0 Å². The first-order valence-corrected chi connectivity index (χ1v) is 8.26. The second kappa shape index (κ2) is 7.89. The van der Waals surface area contributed by atoms with Crippen LogP contribution >= 0.6 is 11.8 Å². The van der Waals surface area contributed by atoms with Crippen molar-refractivity contribution < 1.29 is 19.4 Å². The molecule has 2 N–H and O–H groups in total. The number of carbonyl (C=O) groups is 2. The normalized spacial score (nSPS) is 23.7. The molecule has 1 saturated heterocycles. The Labute approximate surface area is 130 Å². The van der Waals surface area contributed by atoms with E-state index in [2.05, 4.69) is 5.32 Å². The number of ether oxygens (including phenoxy) is 1. The number of hydrogen-bond acceptors (Lipinski definition) is 4. The van der Waals surface area contributed by atoms with Gasteiger partial charge in [0.2, 0.25) is 0 Å². The quantitative estimate of drug-likeness (QED) is 0.781. The summed E-state index contributed by atoms with van der Waals surface area (Å²) in [5, 5.41) is 12.1. The standard InChI is InChI=1S/C14H26N2O4S/c1-8(2)10(6-20-5)15-14(19)16-11(13(17)18)7-21-12(16)9(3)4/h8-12H,6-7H2,1-5H3,(H,15,19)(H,17,18). The van der Waals surface area contributed by atoms with Crippen molar-refractivity contribution in [3.63, 3.8) is 0 Å². The third kappa shape index (κ3) is 4.51. The van der Waals surface area contributed by atoms with E-state index in [9.17, 15) is 14.7 Å². The molecule has 1 rings (SSSR count). The Morgan fingerprint density at radius 2 is 2.00 bits per heavy atom. The van der Waals surface area contributed by atoms with Crippen molar-refractivity contribution in [1.29, 1.82) is 0 Å². The minimum absolute atomic E-state index is 0.110. The average Bonchev–Trinajstić information content (AvgIpc) is 2.82. The maximum absolute atomic E-state index is 12.5. The van der Waals surface area contributed by atoms with Crippen LogP contribution in [0.5, 0.6) is 0 Å². The third-order valence-corrected chi connectivity index (χ3v) is 5.21. The zero-order chi connectivity index (χ0) is 16.2. The summed E-state index contributed by atoms with van der Waals surface area (Å²) in [5.41, 5.74) is 0.